The summed E-state index contributed by atoms with van der Waals surface area (Å²) in [6, 6.07) is 1.52. The maximum atomic E-state index is 15.2. The van der Waals surface area contributed by atoms with E-state index in [2.05, 4.69) is 0 Å². The van der Waals surface area contributed by atoms with Crippen LogP contribution in [0.5, 0.6) is 0 Å². The molecule has 0 radical (unpaired) electrons. The minimum Gasteiger partial charge on any atom is -0.477 e. The molecule has 1 aliphatic heterocycles. The Morgan fingerprint density at radius 2 is 1.96 bits per heavy atom. The van der Waals surface area contributed by atoms with Crippen LogP contribution in [0.2, 0.25) is 0 Å². The van der Waals surface area contributed by atoms with Crippen LogP contribution in [0.1, 0.15) is 53.1 Å². The lowest BCUT2D eigenvalue weighted by Crippen LogP contribution is -2.31. The number of carbonyl (C=O) groups is 1. The number of fused-ring (bicyclic) bond motifs is 1. The number of nitrogens with zero attached hydrogens (tertiary/aromatic N) is 2. The second-order valence-corrected chi connectivity index (χ2v) is 8.64. The Hall–Kier alpha value is -2.41. The van der Waals surface area contributed by atoms with Gasteiger partial charge in [-0.1, -0.05) is 0 Å². The van der Waals surface area contributed by atoms with E-state index in [1.807, 2.05) is 11.8 Å². The predicted molar refractivity (Wildman–Crippen MR) is 104 cm³/mol. The molecule has 0 amide bonds. The van der Waals surface area contributed by atoms with Gasteiger partial charge in [0.2, 0.25) is 0 Å². The summed E-state index contributed by atoms with van der Waals surface area (Å²) in [5.74, 6) is -0.520. The van der Waals surface area contributed by atoms with Crippen molar-refractivity contribution in [3.05, 3.63) is 45.1 Å². The van der Waals surface area contributed by atoms with Gasteiger partial charge in [0.05, 0.1) is 17.4 Å². The molecule has 0 aromatic carbocycles. The van der Waals surface area contributed by atoms with Gasteiger partial charge >= 0.3 is 5.97 Å². The molecule has 3 heterocycles. The molecule has 3 fully saturated rings. The fraction of sp³-hybridized carbons (Fsp3) is 0.524. The number of aromatic nitrogens is 1. The number of carboxylic acid groups (broad SMARTS) is 1. The van der Waals surface area contributed by atoms with Gasteiger partial charge in [0, 0.05) is 19.1 Å². The van der Waals surface area contributed by atoms with Crippen molar-refractivity contribution in [1.82, 2.24) is 4.40 Å². The molecular formula is C21H24FN3O3. The largest absolute Gasteiger partial charge is 0.477 e. The normalized spacial score (nSPS) is 24.9. The van der Waals surface area contributed by atoms with Gasteiger partial charge < -0.3 is 15.7 Å². The molecule has 2 aromatic rings. The molecule has 3 N–H and O–H groups in total. The molecule has 1 saturated heterocycles. The van der Waals surface area contributed by atoms with Crippen LogP contribution in [0.15, 0.2) is 17.1 Å². The molecule has 2 aliphatic carbocycles. The average molecular weight is 385 g/mol. The number of aromatic carboxylic acids is 1. The molecule has 28 heavy (non-hydrogen) atoms. The van der Waals surface area contributed by atoms with Gasteiger partial charge in [-0.2, -0.15) is 0 Å². The third-order valence-corrected chi connectivity index (χ3v) is 6.65. The van der Waals surface area contributed by atoms with Crippen LogP contribution in [0.3, 0.4) is 0 Å². The van der Waals surface area contributed by atoms with Crippen LogP contribution in [0.25, 0.3) is 5.52 Å². The molecule has 2 atom stereocenters. The molecule has 2 saturated carbocycles. The van der Waals surface area contributed by atoms with Crippen molar-refractivity contribution < 1.29 is 14.3 Å². The van der Waals surface area contributed by atoms with Gasteiger partial charge in [0.1, 0.15) is 5.56 Å². The van der Waals surface area contributed by atoms with E-state index < -0.39 is 17.3 Å². The summed E-state index contributed by atoms with van der Waals surface area (Å²) in [5.41, 5.74) is 8.03. The first-order valence-electron chi connectivity index (χ1n) is 9.99. The highest BCUT2D eigenvalue weighted by Crippen LogP contribution is 2.45. The van der Waals surface area contributed by atoms with Crippen molar-refractivity contribution in [3.8, 4) is 0 Å². The van der Waals surface area contributed by atoms with E-state index in [9.17, 15) is 14.7 Å². The monoisotopic (exact) mass is 385 g/mol. The van der Waals surface area contributed by atoms with Gasteiger partial charge in [-0.15, -0.1) is 0 Å². The zero-order valence-electron chi connectivity index (χ0n) is 15.8. The number of hydrogen-bond donors (Lipinski definition) is 2. The van der Waals surface area contributed by atoms with Crippen LogP contribution in [-0.2, 0) is 0 Å². The predicted octanol–water partition coefficient (Wildman–Crippen LogP) is 2.50. The maximum absolute atomic E-state index is 15.2. The first-order valence-corrected chi connectivity index (χ1v) is 9.99. The summed E-state index contributed by atoms with van der Waals surface area (Å²) in [6.07, 6.45) is 5.47. The van der Waals surface area contributed by atoms with E-state index in [0.29, 0.717) is 35.1 Å². The lowest BCUT2D eigenvalue weighted by molar-refractivity contribution is 0.0694. The van der Waals surface area contributed by atoms with E-state index in [-0.39, 0.29) is 17.5 Å². The number of hydrogen-bond acceptors (Lipinski definition) is 4. The number of rotatable bonds is 4. The third kappa shape index (κ3) is 2.64. The zero-order valence-corrected chi connectivity index (χ0v) is 15.8. The van der Waals surface area contributed by atoms with Crippen LogP contribution >= 0.6 is 0 Å². The fourth-order valence-corrected chi connectivity index (χ4v) is 4.95. The number of carboxylic acids is 1. The summed E-state index contributed by atoms with van der Waals surface area (Å²) < 4.78 is 16.4. The van der Waals surface area contributed by atoms with E-state index in [0.717, 1.165) is 31.1 Å². The molecule has 0 unspecified atom stereocenters. The van der Waals surface area contributed by atoms with Crippen molar-refractivity contribution in [2.75, 3.05) is 18.0 Å². The molecule has 7 heteroatoms. The van der Waals surface area contributed by atoms with Gasteiger partial charge in [0.25, 0.3) is 5.56 Å². The molecule has 2 aromatic heterocycles. The number of aryl methyl sites for hydroxylation is 1. The number of halogens is 1. The number of anilines is 1. The van der Waals surface area contributed by atoms with E-state index in [1.165, 1.54) is 23.3 Å². The van der Waals surface area contributed by atoms with Crippen molar-refractivity contribution >= 4 is 17.2 Å². The Morgan fingerprint density at radius 3 is 2.57 bits per heavy atom. The second-order valence-electron chi connectivity index (χ2n) is 8.64. The SMILES string of the molecule is Cc1c(N2C[C@@H](N)[C@@H](C3CC3)C2)c(F)cn2c(=O)c(C(=O)O)cc(C3CC3)c12. The van der Waals surface area contributed by atoms with Gasteiger partial charge in [-0.05, 0) is 67.6 Å². The summed E-state index contributed by atoms with van der Waals surface area (Å²) >= 11 is 0. The lowest BCUT2D eigenvalue weighted by atomic mass is 9.99. The number of nitrogens with two attached hydrogens (primary N) is 1. The van der Waals surface area contributed by atoms with E-state index >= 15 is 4.39 Å². The fourth-order valence-electron chi connectivity index (χ4n) is 4.95. The Labute approximate surface area is 161 Å². The molecule has 0 bridgehead atoms. The summed E-state index contributed by atoms with van der Waals surface area (Å²) in [5, 5.41) is 9.40. The van der Waals surface area contributed by atoms with Crippen molar-refractivity contribution in [3.63, 3.8) is 0 Å². The minimum absolute atomic E-state index is 0.0296. The molecule has 6 nitrogen and oxygen atoms in total. The topological polar surface area (TPSA) is 88.0 Å². The lowest BCUT2D eigenvalue weighted by Gasteiger charge is -2.24. The molecule has 0 spiro atoms. The van der Waals surface area contributed by atoms with Crippen molar-refractivity contribution in [2.24, 2.45) is 17.6 Å². The molecule has 148 valence electrons. The zero-order chi connectivity index (χ0) is 19.7. The minimum atomic E-state index is -1.28. The highest BCUT2D eigenvalue weighted by Gasteiger charge is 2.42. The Balaban J connectivity index is 1.70. The molecule has 3 aliphatic rings. The van der Waals surface area contributed by atoms with Crippen LogP contribution in [-0.4, -0.2) is 34.6 Å². The van der Waals surface area contributed by atoms with Crippen LogP contribution < -0.4 is 16.2 Å². The van der Waals surface area contributed by atoms with Crippen molar-refractivity contribution in [1.29, 1.82) is 0 Å². The smallest absolute Gasteiger partial charge is 0.341 e. The Bertz CT molecular complexity index is 1060. The quantitative estimate of drug-likeness (QED) is 0.844. The molecular weight excluding hydrogens is 361 g/mol. The average Bonchev–Trinajstić information content (AvgIpc) is 3.54. The van der Waals surface area contributed by atoms with Gasteiger partial charge in [0.15, 0.2) is 5.82 Å². The first kappa shape index (κ1) is 17.7. The third-order valence-electron chi connectivity index (χ3n) is 6.65. The summed E-state index contributed by atoms with van der Waals surface area (Å²) in [4.78, 5) is 26.2. The van der Waals surface area contributed by atoms with E-state index in [4.69, 9.17) is 5.73 Å². The highest BCUT2D eigenvalue weighted by molar-refractivity contribution is 5.89. The van der Waals surface area contributed by atoms with Gasteiger partial charge in [-0.3, -0.25) is 9.20 Å². The van der Waals surface area contributed by atoms with Crippen LogP contribution in [0.4, 0.5) is 10.1 Å². The Morgan fingerprint density at radius 1 is 1.25 bits per heavy atom. The first-order chi connectivity index (χ1) is 13.4. The van der Waals surface area contributed by atoms with E-state index in [1.54, 1.807) is 0 Å². The maximum Gasteiger partial charge on any atom is 0.341 e. The highest BCUT2D eigenvalue weighted by atomic mass is 19.1. The van der Waals surface area contributed by atoms with Crippen molar-refractivity contribution in [2.45, 2.75) is 44.6 Å². The summed E-state index contributed by atoms with van der Waals surface area (Å²) in [7, 11) is 0. The number of pyridine rings is 2. The second kappa shape index (κ2) is 6.04. The summed E-state index contributed by atoms with van der Waals surface area (Å²) in [6.45, 7) is 3.16. The van der Waals surface area contributed by atoms with Crippen LogP contribution in [0, 0.1) is 24.6 Å². The standard InChI is InChI=1S/C21H24FN3O3/c1-10-18-13(11-2-3-11)6-14(21(27)28)20(26)25(18)8-16(22)19(10)24-7-15(12-4-5-12)17(23)9-24/h6,8,11-12,15,17H,2-5,7,9,23H2,1H3,(H,27,28)/t15-,17-/m1/s1. The van der Waals surface area contributed by atoms with Gasteiger partial charge in [-0.25, -0.2) is 9.18 Å². The molecule has 5 rings (SSSR count). The Kier molecular flexibility index (Phi) is 3.81.